The number of pyridine rings is 1. The van der Waals surface area contributed by atoms with Gasteiger partial charge >= 0.3 is 0 Å². The fourth-order valence-electron chi connectivity index (χ4n) is 3.28. The van der Waals surface area contributed by atoms with Gasteiger partial charge in [0.25, 0.3) is 17.4 Å². The molecule has 1 saturated carbocycles. The third-order valence-corrected chi connectivity index (χ3v) is 4.81. The van der Waals surface area contributed by atoms with Crippen LogP contribution in [0.5, 0.6) is 0 Å². The van der Waals surface area contributed by atoms with Crippen molar-refractivity contribution in [3.8, 4) is 0 Å². The molecule has 1 unspecified atom stereocenters. The van der Waals surface area contributed by atoms with Crippen molar-refractivity contribution in [2.75, 3.05) is 7.05 Å². The monoisotopic (exact) mass is 369 g/mol. The Morgan fingerprint density at radius 2 is 2.07 bits per heavy atom. The average molecular weight is 369 g/mol. The second kappa shape index (κ2) is 7.36. The zero-order chi connectivity index (χ0) is 19.7. The molecule has 7 nitrogen and oxygen atoms in total. The molecular weight excluding hydrogens is 346 g/mol. The highest BCUT2D eigenvalue weighted by atomic mass is 16.3. The highest BCUT2D eigenvalue weighted by Gasteiger charge is 2.34. The minimum atomic E-state index is -0.659. The van der Waals surface area contributed by atoms with Crippen molar-refractivity contribution >= 4 is 11.8 Å². The zero-order valence-corrected chi connectivity index (χ0v) is 15.4. The Hall–Kier alpha value is -2.93. The summed E-state index contributed by atoms with van der Waals surface area (Å²) in [6.45, 7) is 1.82. The summed E-state index contributed by atoms with van der Waals surface area (Å²) in [6.07, 6.45) is 2.45. The van der Waals surface area contributed by atoms with E-state index in [-0.39, 0.29) is 23.6 Å². The number of aliphatic hydroxyl groups excluding tert-OH is 1. The van der Waals surface area contributed by atoms with Gasteiger partial charge in [0.05, 0.1) is 18.2 Å². The highest BCUT2D eigenvalue weighted by Crippen LogP contribution is 2.42. The molecular formula is C20H23N3O4. The van der Waals surface area contributed by atoms with Gasteiger partial charge in [0.1, 0.15) is 5.56 Å². The van der Waals surface area contributed by atoms with Crippen LogP contribution in [0.1, 0.15) is 69.2 Å². The van der Waals surface area contributed by atoms with Crippen molar-refractivity contribution in [1.82, 2.24) is 9.88 Å². The minimum absolute atomic E-state index is 0.0111. The maximum Gasteiger partial charge on any atom is 0.264 e. The molecule has 7 heteroatoms. The molecule has 0 radical (unpaired) electrons. The van der Waals surface area contributed by atoms with E-state index in [4.69, 9.17) is 5.73 Å². The molecule has 142 valence electrons. The number of hydrogen-bond donors (Lipinski definition) is 3. The molecule has 1 atom stereocenters. The lowest BCUT2D eigenvalue weighted by atomic mass is 9.98. The predicted octanol–water partition coefficient (Wildman–Crippen LogP) is 1.29. The van der Waals surface area contributed by atoms with Crippen LogP contribution < -0.4 is 16.6 Å². The first kappa shape index (κ1) is 18.8. The van der Waals surface area contributed by atoms with Gasteiger partial charge in [0, 0.05) is 13.2 Å². The predicted molar refractivity (Wildman–Crippen MR) is 101 cm³/mol. The minimum Gasteiger partial charge on any atom is -0.389 e. The molecule has 0 saturated heterocycles. The van der Waals surface area contributed by atoms with Crippen LogP contribution in [0, 0.1) is 0 Å². The number of benzene rings is 1. The van der Waals surface area contributed by atoms with Crippen molar-refractivity contribution in [1.29, 1.82) is 0 Å². The van der Waals surface area contributed by atoms with Gasteiger partial charge < -0.3 is 20.7 Å². The summed E-state index contributed by atoms with van der Waals surface area (Å²) < 4.78 is 1.33. The lowest BCUT2D eigenvalue weighted by Gasteiger charge is -2.16. The molecule has 0 spiro atoms. The Labute approximate surface area is 156 Å². The SMILES string of the molecule is CNC(=O)c1c(C2CC2)c(C(N)=O)cn(Cc2cccc(C(C)O)c2)c1=O. The van der Waals surface area contributed by atoms with E-state index in [0.29, 0.717) is 5.56 Å². The highest BCUT2D eigenvalue weighted by molar-refractivity contribution is 6.01. The van der Waals surface area contributed by atoms with Crippen LogP contribution in [0.15, 0.2) is 35.3 Å². The third kappa shape index (κ3) is 3.78. The molecule has 1 heterocycles. The normalized spacial score (nSPS) is 14.6. The maximum atomic E-state index is 13.0. The number of aliphatic hydroxyl groups is 1. The van der Waals surface area contributed by atoms with E-state index in [1.54, 1.807) is 25.1 Å². The van der Waals surface area contributed by atoms with Gasteiger partial charge in [-0.2, -0.15) is 0 Å². The number of nitrogens with two attached hydrogens (primary N) is 1. The Bertz CT molecular complexity index is 958. The first-order valence-corrected chi connectivity index (χ1v) is 8.89. The van der Waals surface area contributed by atoms with Crippen LogP contribution in [0.4, 0.5) is 0 Å². The van der Waals surface area contributed by atoms with Crippen molar-refractivity contribution in [3.63, 3.8) is 0 Å². The van der Waals surface area contributed by atoms with Crippen LogP contribution in [0.2, 0.25) is 0 Å². The Kier molecular flexibility index (Phi) is 5.14. The number of primary amides is 1. The van der Waals surface area contributed by atoms with Crippen molar-refractivity contribution < 1.29 is 14.7 Å². The van der Waals surface area contributed by atoms with E-state index in [0.717, 1.165) is 24.0 Å². The van der Waals surface area contributed by atoms with Gasteiger partial charge in [0.15, 0.2) is 0 Å². The molecule has 1 aromatic heterocycles. The molecule has 0 bridgehead atoms. The number of carbonyl (C=O) groups is 2. The largest absolute Gasteiger partial charge is 0.389 e. The first-order chi connectivity index (χ1) is 12.8. The standard InChI is InChI=1S/C20H23N3O4/c1-11(24)14-5-3-4-12(8-14)9-23-10-15(18(21)25)16(13-6-7-13)17(20(23)27)19(26)22-2/h3-5,8,10-11,13,24H,6-7,9H2,1-2H3,(H2,21,25)(H,22,26). The molecule has 3 rings (SSSR count). The topological polar surface area (TPSA) is 114 Å². The summed E-state index contributed by atoms with van der Waals surface area (Å²) in [5.41, 5.74) is 7.24. The molecule has 1 aliphatic rings. The van der Waals surface area contributed by atoms with E-state index < -0.39 is 23.5 Å². The van der Waals surface area contributed by atoms with Gasteiger partial charge in [-0.05, 0) is 42.4 Å². The van der Waals surface area contributed by atoms with Crippen LogP contribution in [0.3, 0.4) is 0 Å². The van der Waals surface area contributed by atoms with Crippen LogP contribution >= 0.6 is 0 Å². The number of nitrogens with one attached hydrogen (secondary N) is 1. The van der Waals surface area contributed by atoms with Crippen LogP contribution in [-0.2, 0) is 6.54 Å². The van der Waals surface area contributed by atoms with Crippen molar-refractivity contribution in [2.45, 2.75) is 38.3 Å². The smallest absolute Gasteiger partial charge is 0.264 e. The number of carbonyl (C=O) groups excluding carboxylic acids is 2. The molecule has 4 N–H and O–H groups in total. The first-order valence-electron chi connectivity index (χ1n) is 8.89. The average Bonchev–Trinajstić information content (AvgIpc) is 3.47. The molecule has 1 aliphatic carbocycles. The van der Waals surface area contributed by atoms with E-state index in [2.05, 4.69) is 5.32 Å². The summed E-state index contributed by atoms with van der Waals surface area (Å²) in [6, 6.07) is 7.18. The Morgan fingerprint density at radius 3 is 2.63 bits per heavy atom. The lowest BCUT2D eigenvalue weighted by Crippen LogP contribution is -2.35. The molecule has 1 aromatic carbocycles. The number of aromatic nitrogens is 1. The molecule has 0 aliphatic heterocycles. The summed E-state index contributed by atoms with van der Waals surface area (Å²) in [4.78, 5) is 37.4. The van der Waals surface area contributed by atoms with E-state index in [9.17, 15) is 19.5 Å². The number of amides is 2. The molecule has 2 aromatic rings. The fourth-order valence-corrected chi connectivity index (χ4v) is 3.28. The van der Waals surface area contributed by atoms with Crippen molar-refractivity contribution in [2.24, 2.45) is 5.73 Å². The van der Waals surface area contributed by atoms with Gasteiger partial charge in [-0.1, -0.05) is 24.3 Å². The number of nitrogens with zero attached hydrogens (tertiary/aromatic N) is 1. The maximum absolute atomic E-state index is 13.0. The second-order valence-corrected chi connectivity index (χ2v) is 6.90. The van der Waals surface area contributed by atoms with E-state index in [1.165, 1.54) is 17.8 Å². The second-order valence-electron chi connectivity index (χ2n) is 6.90. The van der Waals surface area contributed by atoms with Gasteiger partial charge in [-0.15, -0.1) is 0 Å². The van der Waals surface area contributed by atoms with E-state index >= 15 is 0 Å². The summed E-state index contributed by atoms with van der Waals surface area (Å²) >= 11 is 0. The molecule has 2 amide bonds. The number of hydrogen-bond acceptors (Lipinski definition) is 4. The molecule has 27 heavy (non-hydrogen) atoms. The van der Waals surface area contributed by atoms with Gasteiger partial charge in [-0.25, -0.2) is 0 Å². The lowest BCUT2D eigenvalue weighted by molar-refractivity contribution is 0.0960. The quantitative estimate of drug-likeness (QED) is 0.712. The van der Waals surface area contributed by atoms with Gasteiger partial charge in [0.2, 0.25) is 0 Å². The third-order valence-electron chi connectivity index (χ3n) is 4.81. The number of rotatable bonds is 6. The summed E-state index contributed by atoms with van der Waals surface area (Å²) in [5.74, 6) is -1.16. The fraction of sp³-hybridized carbons (Fsp3) is 0.350. The Balaban J connectivity index is 2.15. The zero-order valence-electron chi connectivity index (χ0n) is 15.4. The molecule has 1 fully saturated rings. The van der Waals surface area contributed by atoms with E-state index in [1.807, 2.05) is 6.07 Å². The van der Waals surface area contributed by atoms with Crippen molar-refractivity contribution in [3.05, 3.63) is 68.6 Å². The van der Waals surface area contributed by atoms with Crippen LogP contribution in [0.25, 0.3) is 0 Å². The van der Waals surface area contributed by atoms with Crippen LogP contribution in [-0.4, -0.2) is 28.5 Å². The summed E-state index contributed by atoms with van der Waals surface area (Å²) in [7, 11) is 1.45. The Morgan fingerprint density at radius 1 is 1.37 bits per heavy atom. The van der Waals surface area contributed by atoms with Gasteiger partial charge in [-0.3, -0.25) is 14.4 Å². The summed E-state index contributed by atoms with van der Waals surface area (Å²) in [5, 5.41) is 12.2.